The molecular formula is C25H22F4N6O. The third-order valence-electron chi connectivity index (χ3n) is 6.81. The summed E-state index contributed by atoms with van der Waals surface area (Å²) >= 11 is 0. The molecule has 11 heteroatoms. The van der Waals surface area contributed by atoms with Gasteiger partial charge in [-0.3, -0.25) is 9.36 Å². The molecule has 2 aliphatic heterocycles. The lowest BCUT2D eigenvalue weighted by molar-refractivity contribution is -0.127. The molecular weight excluding hydrogens is 476 g/mol. The van der Waals surface area contributed by atoms with Crippen LogP contribution in [0.25, 0.3) is 22.4 Å². The quantitative estimate of drug-likeness (QED) is 0.367. The summed E-state index contributed by atoms with van der Waals surface area (Å²) in [7, 11) is 1.78. The summed E-state index contributed by atoms with van der Waals surface area (Å²) in [6.07, 6.45) is -2.31. The molecule has 0 fully saturated rings. The van der Waals surface area contributed by atoms with Crippen molar-refractivity contribution in [1.29, 1.82) is 0 Å². The van der Waals surface area contributed by atoms with E-state index in [0.717, 1.165) is 5.56 Å². The van der Waals surface area contributed by atoms with Gasteiger partial charge in [-0.15, -0.1) is 0 Å². The Morgan fingerprint density at radius 1 is 1.17 bits per heavy atom. The van der Waals surface area contributed by atoms with Crippen molar-refractivity contribution in [3.05, 3.63) is 65.0 Å². The van der Waals surface area contributed by atoms with Crippen LogP contribution in [0.2, 0.25) is 0 Å². The second-order valence-electron chi connectivity index (χ2n) is 9.27. The number of hydrogen-bond donors (Lipinski definition) is 1. The fraction of sp³-hybridized carbons (Fsp3) is 0.320. The predicted molar refractivity (Wildman–Crippen MR) is 124 cm³/mol. The number of halogens is 4. The van der Waals surface area contributed by atoms with Crippen LogP contribution in [0.1, 0.15) is 47.9 Å². The first kappa shape index (κ1) is 22.6. The lowest BCUT2D eigenvalue weighted by Crippen LogP contribution is -2.14. The van der Waals surface area contributed by atoms with Crippen LogP contribution in [0.5, 0.6) is 5.75 Å². The molecule has 0 spiro atoms. The summed E-state index contributed by atoms with van der Waals surface area (Å²) in [5.41, 5.74) is 10.2. The standard InChI is InChI=1S/C25H22F4N6O/c1-12-17-8-14(26)3-4-15(17)22-18(11-34(2)33-22)16-5-6-35-23(16)21(19(32-35)9-25(27,28)29)13-7-20(36-12)24(30)31-10-13/h3-4,7-8,10-12,16H,5-6,9H2,1-2H3,(H2,30,31)/t12-,16-/m1/s1. The molecule has 36 heavy (non-hydrogen) atoms. The molecule has 2 aliphatic rings. The second-order valence-corrected chi connectivity index (χ2v) is 9.27. The van der Waals surface area contributed by atoms with Crippen LogP contribution in [-0.2, 0) is 20.0 Å². The van der Waals surface area contributed by atoms with E-state index in [-0.39, 0.29) is 23.2 Å². The van der Waals surface area contributed by atoms with Gasteiger partial charge < -0.3 is 10.5 Å². The van der Waals surface area contributed by atoms with Crippen LogP contribution in [0, 0.1) is 5.82 Å². The molecule has 0 radical (unpaired) electrons. The number of ether oxygens (including phenoxy) is 1. The number of aromatic nitrogens is 5. The molecule has 2 N–H and O–H groups in total. The van der Waals surface area contributed by atoms with Crippen LogP contribution >= 0.6 is 0 Å². The predicted octanol–water partition coefficient (Wildman–Crippen LogP) is 5.16. The van der Waals surface area contributed by atoms with Crippen LogP contribution in [-0.4, -0.2) is 30.7 Å². The Balaban J connectivity index is 1.68. The maximum atomic E-state index is 14.4. The Bertz CT molecular complexity index is 1510. The molecule has 4 aromatic rings. The fourth-order valence-corrected chi connectivity index (χ4v) is 5.37. The Kier molecular flexibility index (Phi) is 4.89. The number of nitrogens with two attached hydrogens (primary N) is 1. The SMILES string of the molecule is C[C@H]1Oc2cc(cnc2N)-c2c(CC(F)(F)F)nn3c2[C@H](CC3)c2cn(C)nc2-c2ccc(F)cc21. The number of nitrogen functional groups attached to an aromatic ring is 1. The zero-order chi connectivity index (χ0) is 25.4. The van der Waals surface area contributed by atoms with E-state index in [0.29, 0.717) is 46.6 Å². The van der Waals surface area contributed by atoms with Gasteiger partial charge in [0.25, 0.3) is 0 Å². The average molecular weight is 498 g/mol. The summed E-state index contributed by atoms with van der Waals surface area (Å²) in [4.78, 5) is 4.22. The lowest BCUT2D eigenvalue weighted by Gasteiger charge is -2.22. The molecule has 6 rings (SSSR count). The topological polar surface area (TPSA) is 83.8 Å². The molecule has 1 aromatic carbocycles. The Morgan fingerprint density at radius 3 is 2.75 bits per heavy atom. The minimum absolute atomic E-state index is 0.0715. The molecule has 0 aliphatic carbocycles. The van der Waals surface area contributed by atoms with Crippen molar-refractivity contribution in [3.63, 3.8) is 0 Å². The number of benzene rings is 1. The van der Waals surface area contributed by atoms with Gasteiger partial charge in [0, 0.05) is 59.7 Å². The first-order chi connectivity index (χ1) is 17.1. The van der Waals surface area contributed by atoms with E-state index >= 15 is 0 Å². The molecule has 2 bridgehead atoms. The second kappa shape index (κ2) is 7.81. The first-order valence-corrected chi connectivity index (χ1v) is 11.5. The van der Waals surface area contributed by atoms with Crippen molar-refractivity contribution in [2.45, 2.75) is 44.5 Å². The van der Waals surface area contributed by atoms with Crippen molar-refractivity contribution in [2.24, 2.45) is 7.05 Å². The number of anilines is 1. The highest BCUT2D eigenvalue weighted by Crippen LogP contribution is 2.47. The number of fused-ring (bicyclic) bond motifs is 7. The summed E-state index contributed by atoms with van der Waals surface area (Å²) in [6.45, 7) is 2.21. The van der Waals surface area contributed by atoms with Gasteiger partial charge in [-0.2, -0.15) is 23.4 Å². The molecule has 0 amide bonds. The molecule has 3 aromatic heterocycles. The number of alkyl halides is 3. The number of hydrogen-bond acceptors (Lipinski definition) is 5. The minimum Gasteiger partial charge on any atom is -0.482 e. The number of pyridine rings is 1. The van der Waals surface area contributed by atoms with Crippen molar-refractivity contribution in [2.75, 3.05) is 5.73 Å². The van der Waals surface area contributed by atoms with Gasteiger partial charge in [0.2, 0.25) is 0 Å². The average Bonchev–Trinajstić information content (AvgIpc) is 3.46. The summed E-state index contributed by atoms with van der Waals surface area (Å²) in [5.74, 6) is -0.416. The molecule has 0 unspecified atom stereocenters. The van der Waals surface area contributed by atoms with E-state index in [1.165, 1.54) is 18.3 Å². The minimum atomic E-state index is -4.44. The van der Waals surface area contributed by atoms with E-state index in [1.54, 1.807) is 35.5 Å². The smallest absolute Gasteiger partial charge is 0.394 e. The Labute approximate surface area is 203 Å². The fourth-order valence-electron chi connectivity index (χ4n) is 5.37. The van der Waals surface area contributed by atoms with Crippen molar-refractivity contribution in [1.82, 2.24) is 24.5 Å². The number of nitrogens with zero attached hydrogens (tertiary/aromatic N) is 5. The van der Waals surface area contributed by atoms with Gasteiger partial charge in [-0.1, -0.05) is 0 Å². The van der Waals surface area contributed by atoms with E-state index in [2.05, 4.69) is 15.2 Å². The van der Waals surface area contributed by atoms with Gasteiger partial charge in [0.15, 0.2) is 11.6 Å². The third-order valence-corrected chi connectivity index (χ3v) is 6.81. The first-order valence-electron chi connectivity index (χ1n) is 11.5. The highest BCUT2D eigenvalue weighted by Gasteiger charge is 2.39. The van der Waals surface area contributed by atoms with Gasteiger partial charge in [-0.05, 0) is 37.6 Å². The van der Waals surface area contributed by atoms with Crippen LogP contribution < -0.4 is 10.5 Å². The van der Waals surface area contributed by atoms with Crippen LogP contribution in [0.3, 0.4) is 0 Å². The Hall–Kier alpha value is -3.89. The summed E-state index contributed by atoms with van der Waals surface area (Å²) in [5, 5.41) is 9.06. The molecule has 0 saturated heterocycles. The molecule has 2 atom stereocenters. The maximum absolute atomic E-state index is 14.4. The maximum Gasteiger partial charge on any atom is 0.394 e. The number of aryl methyl sites for hydroxylation is 2. The zero-order valence-electron chi connectivity index (χ0n) is 19.5. The molecule has 7 nitrogen and oxygen atoms in total. The van der Waals surface area contributed by atoms with E-state index in [1.807, 2.05) is 6.20 Å². The van der Waals surface area contributed by atoms with Crippen LogP contribution in [0.15, 0.2) is 36.7 Å². The molecule has 0 saturated carbocycles. The van der Waals surface area contributed by atoms with E-state index in [9.17, 15) is 17.6 Å². The van der Waals surface area contributed by atoms with Crippen molar-refractivity contribution >= 4 is 5.82 Å². The third kappa shape index (κ3) is 3.61. The Morgan fingerprint density at radius 2 is 1.97 bits per heavy atom. The molecule has 5 heterocycles. The normalized spacial score (nSPS) is 18.5. The van der Waals surface area contributed by atoms with Gasteiger partial charge >= 0.3 is 6.18 Å². The summed E-state index contributed by atoms with van der Waals surface area (Å²) < 4.78 is 64.5. The lowest BCUT2D eigenvalue weighted by atomic mass is 9.87. The van der Waals surface area contributed by atoms with Crippen molar-refractivity contribution < 1.29 is 22.3 Å². The highest BCUT2D eigenvalue weighted by atomic mass is 19.4. The highest BCUT2D eigenvalue weighted by molar-refractivity contribution is 5.76. The van der Waals surface area contributed by atoms with Gasteiger partial charge in [0.1, 0.15) is 11.9 Å². The van der Waals surface area contributed by atoms with Gasteiger partial charge in [-0.25, -0.2) is 9.37 Å². The zero-order valence-corrected chi connectivity index (χ0v) is 19.5. The largest absolute Gasteiger partial charge is 0.482 e. The van der Waals surface area contributed by atoms with E-state index in [4.69, 9.17) is 10.5 Å². The summed E-state index contributed by atoms with van der Waals surface area (Å²) in [6, 6.07) is 6.01. The van der Waals surface area contributed by atoms with Crippen LogP contribution in [0.4, 0.5) is 23.4 Å². The number of rotatable bonds is 1. The monoisotopic (exact) mass is 498 g/mol. The van der Waals surface area contributed by atoms with E-state index < -0.39 is 24.5 Å². The molecule has 186 valence electrons. The van der Waals surface area contributed by atoms with Gasteiger partial charge in [0.05, 0.1) is 23.5 Å². The van der Waals surface area contributed by atoms with Crippen molar-refractivity contribution in [3.8, 4) is 28.1 Å².